The van der Waals surface area contributed by atoms with E-state index in [0.717, 1.165) is 11.1 Å². The highest BCUT2D eigenvalue weighted by Gasteiger charge is 2.20. The number of amides is 3. The van der Waals surface area contributed by atoms with Crippen molar-refractivity contribution in [3.63, 3.8) is 0 Å². The average Bonchev–Trinajstić information content (AvgIpc) is 2.54. The van der Waals surface area contributed by atoms with Gasteiger partial charge in [0.25, 0.3) is 0 Å². The zero-order valence-corrected chi connectivity index (χ0v) is 14.3. The molecule has 0 fully saturated rings. The van der Waals surface area contributed by atoms with Gasteiger partial charge in [0.05, 0.1) is 18.5 Å². The lowest BCUT2D eigenvalue weighted by Gasteiger charge is -2.20. The molecule has 0 spiro atoms. The highest BCUT2D eigenvalue weighted by Crippen LogP contribution is 2.20. The summed E-state index contributed by atoms with van der Waals surface area (Å²) in [4.78, 5) is 23.6. The van der Waals surface area contributed by atoms with Gasteiger partial charge in [0, 0.05) is 5.56 Å². The van der Waals surface area contributed by atoms with Gasteiger partial charge in [-0.15, -0.1) is 0 Å². The van der Waals surface area contributed by atoms with Gasteiger partial charge in [-0.05, 0) is 25.5 Å². The zero-order valence-electron chi connectivity index (χ0n) is 14.3. The number of hydrogen-bond acceptors (Lipinski definition) is 2. The van der Waals surface area contributed by atoms with E-state index in [1.165, 1.54) is 6.07 Å². The summed E-state index contributed by atoms with van der Waals surface area (Å²) in [5.74, 6) is -0.684. The van der Waals surface area contributed by atoms with Crippen molar-refractivity contribution in [3.8, 4) is 0 Å². The number of nitrogens with two attached hydrogens (primary N) is 1. The normalized spacial score (nSPS) is 12.9. The molecule has 2 aromatic rings. The lowest BCUT2D eigenvalue weighted by molar-refractivity contribution is -0.122. The smallest absolute Gasteiger partial charge is 0.312 e. The second-order valence-electron chi connectivity index (χ2n) is 5.99. The van der Waals surface area contributed by atoms with Crippen molar-refractivity contribution < 1.29 is 14.0 Å². The fraction of sp³-hybridized carbons (Fsp3) is 0.263. The fourth-order valence-corrected chi connectivity index (χ4v) is 2.70. The van der Waals surface area contributed by atoms with E-state index in [1.807, 2.05) is 31.2 Å². The number of rotatable bonds is 6. The van der Waals surface area contributed by atoms with Crippen molar-refractivity contribution in [2.45, 2.75) is 32.4 Å². The molecule has 2 aromatic carbocycles. The number of halogens is 1. The Morgan fingerprint density at radius 3 is 2.48 bits per heavy atom. The van der Waals surface area contributed by atoms with Crippen LogP contribution in [0.4, 0.5) is 9.18 Å². The van der Waals surface area contributed by atoms with E-state index in [1.54, 1.807) is 25.1 Å². The van der Waals surface area contributed by atoms with Crippen molar-refractivity contribution in [1.29, 1.82) is 0 Å². The van der Waals surface area contributed by atoms with Gasteiger partial charge < -0.3 is 16.4 Å². The standard InChI is InChI=1S/C19H22FN3O2/c1-12-6-5-7-14(10-12)17(23-19(21)25)11-18(24)22-13(2)15-8-3-4-9-16(15)20/h3-10,13,17H,11H2,1-2H3,(H,22,24)(H3,21,23,25)/t13-,17-/m0/s1. The topological polar surface area (TPSA) is 84.2 Å². The minimum atomic E-state index is -0.707. The van der Waals surface area contributed by atoms with E-state index in [0.29, 0.717) is 5.56 Å². The van der Waals surface area contributed by atoms with Gasteiger partial charge in [-0.3, -0.25) is 4.79 Å². The summed E-state index contributed by atoms with van der Waals surface area (Å²) in [7, 11) is 0. The average molecular weight is 343 g/mol. The van der Waals surface area contributed by atoms with Crippen LogP contribution in [0.2, 0.25) is 0 Å². The first-order valence-corrected chi connectivity index (χ1v) is 8.03. The Morgan fingerprint density at radius 1 is 1.12 bits per heavy atom. The van der Waals surface area contributed by atoms with Crippen molar-refractivity contribution in [2.75, 3.05) is 0 Å². The molecule has 0 aliphatic heterocycles. The van der Waals surface area contributed by atoms with Crippen LogP contribution in [0, 0.1) is 12.7 Å². The van der Waals surface area contributed by atoms with Crippen molar-refractivity contribution in [3.05, 3.63) is 71.0 Å². The van der Waals surface area contributed by atoms with Crippen LogP contribution in [0.15, 0.2) is 48.5 Å². The maximum absolute atomic E-state index is 13.8. The molecule has 0 bridgehead atoms. The Labute approximate surface area is 146 Å². The van der Waals surface area contributed by atoms with Crippen LogP contribution in [0.1, 0.15) is 42.1 Å². The molecule has 2 atom stereocenters. The van der Waals surface area contributed by atoms with Crippen LogP contribution in [-0.4, -0.2) is 11.9 Å². The summed E-state index contributed by atoms with van der Waals surface area (Å²) in [5, 5.41) is 5.34. The SMILES string of the molecule is Cc1cccc([C@H](CC(=O)N[C@@H](C)c2ccccc2F)NC(N)=O)c1. The molecule has 0 radical (unpaired) electrons. The Morgan fingerprint density at radius 2 is 1.84 bits per heavy atom. The predicted molar refractivity (Wildman–Crippen MR) is 94.2 cm³/mol. The summed E-state index contributed by atoms with van der Waals surface area (Å²) in [6.45, 7) is 3.63. The Kier molecular flexibility index (Phi) is 6.11. The summed E-state index contributed by atoms with van der Waals surface area (Å²) in [5.41, 5.74) is 7.43. The molecule has 0 saturated carbocycles. The third-order valence-corrected chi connectivity index (χ3v) is 3.90. The Balaban J connectivity index is 2.09. The number of hydrogen-bond donors (Lipinski definition) is 3. The molecule has 0 unspecified atom stereocenters. The number of primary amides is 1. The molecule has 3 amide bonds. The van der Waals surface area contributed by atoms with Crippen LogP contribution in [-0.2, 0) is 4.79 Å². The maximum Gasteiger partial charge on any atom is 0.312 e. The second-order valence-corrected chi connectivity index (χ2v) is 5.99. The van der Waals surface area contributed by atoms with E-state index < -0.39 is 18.1 Å². The largest absolute Gasteiger partial charge is 0.352 e. The van der Waals surface area contributed by atoms with Gasteiger partial charge in [-0.2, -0.15) is 0 Å². The maximum atomic E-state index is 13.8. The van der Waals surface area contributed by atoms with Gasteiger partial charge in [-0.25, -0.2) is 9.18 Å². The molecule has 6 heteroatoms. The number of benzene rings is 2. The molecule has 25 heavy (non-hydrogen) atoms. The van der Waals surface area contributed by atoms with E-state index in [-0.39, 0.29) is 18.1 Å². The molecule has 4 N–H and O–H groups in total. The molecule has 5 nitrogen and oxygen atoms in total. The molecular formula is C19H22FN3O2. The first kappa shape index (κ1) is 18.4. The number of carbonyl (C=O) groups is 2. The minimum absolute atomic E-state index is 0.00514. The Bertz CT molecular complexity index is 764. The molecule has 0 aliphatic carbocycles. The Hall–Kier alpha value is -2.89. The third kappa shape index (κ3) is 5.31. The van der Waals surface area contributed by atoms with Gasteiger partial charge in [-0.1, -0.05) is 48.0 Å². The lowest BCUT2D eigenvalue weighted by Crippen LogP contribution is -2.37. The monoisotopic (exact) mass is 343 g/mol. The second kappa shape index (κ2) is 8.28. The van der Waals surface area contributed by atoms with E-state index in [4.69, 9.17) is 5.73 Å². The quantitative estimate of drug-likeness (QED) is 0.753. The molecule has 0 saturated heterocycles. The van der Waals surface area contributed by atoms with Crippen LogP contribution in [0.3, 0.4) is 0 Å². The minimum Gasteiger partial charge on any atom is -0.352 e. The van der Waals surface area contributed by atoms with Crippen molar-refractivity contribution in [2.24, 2.45) is 5.73 Å². The summed E-state index contributed by atoms with van der Waals surface area (Å²) in [6.07, 6.45) is 0.00514. The number of nitrogens with one attached hydrogen (secondary N) is 2. The number of urea groups is 1. The van der Waals surface area contributed by atoms with Crippen LogP contribution in [0.25, 0.3) is 0 Å². The molecule has 2 rings (SSSR count). The summed E-state index contributed by atoms with van der Waals surface area (Å²) in [6, 6.07) is 12.0. The highest BCUT2D eigenvalue weighted by molar-refractivity contribution is 5.79. The van der Waals surface area contributed by atoms with Crippen molar-refractivity contribution >= 4 is 11.9 Å². The van der Waals surface area contributed by atoms with Crippen LogP contribution >= 0.6 is 0 Å². The fourth-order valence-electron chi connectivity index (χ4n) is 2.70. The van der Waals surface area contributed by atoms with E-state index in [9.17, 15) is 14.0 Å². The van der Waals surface area contributed by atoms with E-state index in [2.05, 4.69) is 10.6 Å². The summed E-state index contributed by atoms with van der Waals surface area (Å²) < 4.78 is 13.8. The van der Waals surface area contributed by atoms with E-state index >= 15 is 0 Å². The molecular weight excluding hydrogens is 321 g/mol. The molecule has 0 aliphatic rings. The summed E-state index contributed by atoms with van der Waals surface area (Å²) >= 11 is 0. The zero-order chi connectivity index (χ0) is 18.4. The lowest BCUT2D eigenvalue weighted by atomic mass is 10.0. The van der Waals surface area contributed by atoms with Crippen LogP contribution in [0.5, 0.6) is 0 Å². The predicted octanol–water partition coefficient (Wildman–Crippen LogP) is 3.11. The van der Waals surface area contributed by atoms with Gasteiger partial charge in [0.15, 0.2) is 0 Å². The molecule has 132 valence electrons. The number of carbonyl (C=O) groups excluding carboxylic acids is 2. The van der Waals surface area contributed by atoms with Gasteiger partial charge >= 0.3 is 6.03 Å². The third-order valence-electron chi connectivity index (χ3n) is 3.90. The molecule has 0 heterocycles. The van der Waals surface area contributed by atoms with Crippen LogP contribution < -0.4 is 16.4 Å². The first-order valence-electron chi connectivity index (χ1n) is 8.03. The highest BCUT2D eigenvalue weighted by atomic mass is 19.1. The van der Waals surface area contributed by atoms with Gasteiger partial charge in [0.1, 0.15) is 5.82 Å². The van der Waals surface area contributed by atoms with Gasteiger partial charge in [0.2, 0.25) is 5.91 Å². The molecule has 0 aromatic heterocycles. The number of aryl methyl sites for hydroxylation is 1. The first-order chi connectivity index (χ1) is 11.9. The van der Waals surface area contributed by atoms with Crippen molar-refractivity contribution in [1.82, 2.24) is 10.6 Å².